The van der Waals surface area contributed by atoms with Crippen LogP contribution in [0.1, 0.15) is 0 Å². The van der Waals surface area contributed by atoms with Gasteiger partial charge < -0.3 is 0 Å². The van der Waals surface area contributed by atoms with Crippen LogP contribution >= 0.6 is 0 Å². The van der Waals surface area contributed by atoms with Gasteiger partial charge in [0.1, 0.15) is 0 Å². The predicted octanol–water partition coefficient (Wildman–Crippen LogP) is 12.8. The molecule has 9 aromatic rings. The molecule has 0 spiro atoms. The van der Waals surface area contributed by atoms with Crippen molar-refractivity contribution in [2.24, 2.45) is 0 Å². The largest absolute Gasteiger partial charge is 0.256 e. The van der Waals surface area contributed by atoms with E-state index in [1.165, 1.54) is 77.2 Å². The van der Waals surface area contributed by atoms with Crippen LogP contribution in [-0.2, 0) is 0 Å². The summed E-state index contributed by atoms with van der Waals surface area (Å²) in [6.07, 6.45) is 3.76. The van der Waals surface area contributed by atoms with Gasteiger partial charge in [0.15, 0.2) is 0 Å². The zero-order chi connectivity index (χ0) is 33.0. The Morgan fingerprint density at radius 3 is 1.32 bits per heavy atom. The van der Waals surface area contributed by atoms with E-state index < -0.39 is 0 Å². The highest BCUT2D eigenvalue weighted by atomic mass is 14.7. The first-order valence-electron chi connectivity index (χ1n) is 17.1. The van der Waals surface area contributed by atoms with Gasteiger partial charge in [0.05, 0.1) is 11.4 Å². The average molecular weight is 635 g/mol. The molecule has 0 aliphatic heterocycles. The van der Waals surface area contributed by atoms with Gasteiger partial charge in [-0.1, -0.05) is 146 Å². The van der Waals surface area contributed by atoms with Crippen LogP contribution in [0, 0.1) is 0 Å². The molecule has 1 aliphatic rings. The van der Waals surface area contributed by atoms with Gasteiger partial charge in [-0.05, 0) is 90.3 Å². The van der Waals surface area contributed by atoms with E-state index in [2.05, 4.69) is 158 Å². The number of benzene rings is 7. The van der Waals surface area contributed by atoms with Crippen LogP contribution in [0.25, 0.3) is 99.7 Å². The third kappa shape index (κ3) is 4.43. The fraction of sp³-hybridized carbons (Fsp3) is 0. The van der Waals surface area contributed by atoms with Crippen LogP contribution in [0.2, 0.25) is 0 Å². The molecule has 0 fully saturated rings. The summed E-state index contributed by atoms with van der Waals surface area (Å²) >= 11 is 0. The zero-order valence-electron chi connectivity index (χ0n) is 27.2. The molecule has 2 aromatic heterocycles. The van der Waals surface area contributed by atoms with Crippen molar-refractivity contribution in [1.82, 2.24) is 9.97 Å². The number of nitrogens with zero attached hydrogens (tertiary/aromatic N) is 2. The molecule has 0 saturated heterocycles. The number of pyridine rings is 2. The van der Waals surface area contributed by atoms with Gasteiger partial charge in [-0.3, -0.25) is 9.97 Å². The molecule has 2 heteroatoms. The second kappa shape index (κ2) is 11.5. The molecule has 0 N–H and O–H groups in total. The molecule has 0 radical (unpaired) electrons. The summed E-state index contributed by atoms with van der Waals surface area (Å²) in [5.41, 5.74) is 16.5. The quantitative estimate of drug-likeness (QED) is 0.176. The first-order chi connectivity index (χ1) is 24.8. The summed E-state index contributed by atoms with van der Waals surface area (Å²) < 4.78 is 0. The molecule has 2 nitrogen and oxygen atoms in total. The molecule has 0 unspecified atom stereocenters. The fourth-order valence-corrected chi connectivity index (χ4v) is 7.94. The Hall–Kier alpha value is -6.64. The van der Waals surface area contributed by atoms with Crippen LogP contribution in [0.4, 0.5) is 0 Å². The van der Waals surface area contributed by atoms with Gasteiger partial charge in [0.25, 0.3) is 0 Å². The smallest absolute Gasteiger partial charge is 0.0708 e. The van der Waals surface area contributed by atoms with Crippen molar-refractivity contribution in [1.29, 1.82) is 0 Å². The third-order valence-electron chi connectivity index (χ3n) is 10.2. The minimum absolute atomic E-state index is 0.970. The van der Waals surface area contributed by atoms with Crippen LogP contribution in [0.3, 0.4) is 0 Å². The molecule has 7 aromatic carbocycles. The number of fused-ring (bicyclic) bond motifs is 5. The van der Waals surface area contributed by atoms with Crippen molar-refractivity contribution in [3.05, 3.63) is 182 Å². The molecule has 0 saturated carbocycles. The Labute approximate surface area is 291 Å². The highest BCUT2D eigenvalue weighted by molar-refractivity contribution is 6.31. The monoisotopic (exact) mass is 634 g/mol. The third-order valence-corrected chi connectivity index (χ3v) is 10.2. The summed E-state index contributed by atoms with van der Waals surface area (Å²) in [4.78, 5) is 9.66. The number of aromatic nitrogens is 2. The molecule has 0 amide bonds. The lowest BCUT2D eigenvalue weighted by Gasteiger charge is -2.17. The van der Waals surface area contributed by atoms with Crippen molar-refractivity contribution in [3.63, 3.8) is 0 Å². The van der Waals surface area contributed by atoms with E-state index in [1.54, 1.807) is 0 Å². The highest BCUT2D eigenvalue weighted by Gasteiger charge is 2.31. The Bertz CT molecular complexity index is 2700. The van der Waals surface area contributed by atoms with E-state index in [4.69, 9.17) is 9.97 Å². The maximum absolute atomic E-state index is 4.84. The zero-order valence-corrected chi connectivity index (χ0v) is 27.2. The van der Waals surface area contributed by atoms with Crippen molar-refractivity contribution >= 4 is 21.5 Å². The minimum atomic E-state index is 0.970. The number of hydrogen-bond acceptors (Lipinski definition) is 2. The van der Waals surface area contributed by atoms with E-state index >= 15 is 0 Å². The fourth-order valence-electron chi connectivity index (χ4n) is 7.94. The second-order valence-corrected chi connectivity index (χ2v) is 12.9. The molecule has 0 bridgehead atoms. The highest BCUT2D eigenvalue weighted by Crippen LogP contribution is 2.58. The van der Waals surface area contributed by atoms with Crippen LogP contribution in [0.5, 0.6) is 0 Å². The van der Waals surface area contributed by atoms with E-state index in [1.807, 2.05) is 24.5 Å². The van der Waals surface area contributed by atoms with Crippen LogP contribution in [0.15, 0.2) is 182 Å². The lowest BCUT2D eigenvalue weighted by Crippen LogP contribution is -1.93. The Morgan fingerprint density at radius 1 is 0.260 bits per heavy atom. The molecular weight excluding hydrogens is 605 g/mol. The standard InChI is InChI=1S/C48H30N2/c1-2-11-31(12-3-1)32-19-21-33(22-20-32)34-23-25-35(26-24-34)44-36-13-4-5-14-37(36)47-46-40(44)15-10-16-41(46)45-38(42-17-6-8-29-49-42)27-28-39(48(45)47)43-18-7-9-30-50-43/h1-30H. The first kappa shape index (κ1) is 28.4. The Balaban J connectivity index is 1.19. The normalized spacial score (nSPS) is 11.6. The molecule has 10 rings (SSSR count). The van der Waals surface area contributed by atoms with Gasteiger partial charge in [-0.15, -0.1) is 0 Å². The van der Waals surface area contributed by atoms with Gasteiger partial charge in [0, 0.05) is 34.6 Å². The Morgan fingerprint density at radius 2 is 0.740 bits per heavy atom. The van der Waals surface area contributed by atoms with E-state index in [0.717, 1.165) is 22.5 Å². The van der Waals surface area contributed by atoms with Gasteiger partial charge >= 0.3 is 0 Å². The summed E-state index contributed by atoms with van der Waals surface area (Å²) in [7, 11) is 0. The maximum atomic E-state index is 4.84. The van der Waals surface area contributed by atoms with Crippen molar-refractivity contribution < 1.29 is 0 Å². The molecule has 50 heavy (non-hydrogen) atoms. The number of rotatable bonds is 5. The van der Waals surface area contributed by atoms with E-state index in [9.17, 15) is 0 Å². The molecular formula is C48H30N2. The summed E-state index contributed by atoms with van der Waals surface area (Å²) in [5.74, 6) is 0. The first-order valence-corrected chi connectivity index (χ1v) is 17.1. The van der Waals surface area contributed by atoms with Gasteiger partial charge in [0.2, 0.25) is 0 Å². The summed E-state index contributed by atoms with van der Waals surface area (Å²) in [6.45, 7) is 0. The van der Waals surface area contributed by atoms with Crippen LogP contribution < -0.4 is 0 Å². The lowest BCUT2D eigenvalue weighted by atomic mass is 9.86. The topological polar surface area (TPSA) is 25.8 Å². The summed E-state index contributed by atoms with van der Waals surface area (Å²) in [6, 6.07) is 61.0. The Kier molecular flexibility index (Phi) is 6.53. The van der Waals surface area contributed by atoms with Crippen LogP contribution in [-0.4, -0.2) is 9.97 Å². The maximum Gasteiger partial charge on any atom is 0.0708 e. The van der Waals surface area contributed by atoms with Gasteiger partial charge in [-0.25, -0.2) is 0 Å². The van der Waals surface area contributed by atoms with E-state index in [-0.39, 0.29) is 0 Å². The van der Waals surface area contributed by atoms with Crippen molar-refractivity contribution in [2.45, 2.75) is 0 Å². The molecule has 1 aliphatic carbocycles. The SMILES string of the molecule is c1ccc(-c2ccc(-c3ccc(-c4c5ccccc5c5c6c(cccc46)-c4c(-c6ccccn6)ccc(-c6ccccn6)c4-5)cc3)cc2)cc1. The van der Waals surface area contributed by atoms with Crippen molar-refractivity contribution in [2.75, 3.05) is 0 Å². The molecule has 2 heterocycles. The number of hydrogen-bond donors (Lipinski definition) is 0. The van der Waals surface area contributed by atoms with E-state index in [0.29, 0.717) is 0 Å². The molecule has 232 valence electrons. The predicted molar refractivity (Wildman–Crippen MR) is 209 cm³/mol. The lowest BCUT2D eigenvalue weighted by molar-refractivity contribution is 1.32. The van der Waals surface area contributed by atoms with Crippen molar-refractivity contribution in [3.8, 4) is 78.1 Å². The average Bonchev–Trinajstić information content (AvgIpc) is 3.55. The summed E-state index contributed by atoms with van der Waals surface area (Å²) in [5, 5.41) is 5.04. The molecule has 0 atom stereocenters. The second-order valence-electron chi connectivity index (χ2n) is 12.9. The van der Waals surface area contributed by atoms with Gasteiger partial charge in [-0.2, -0.15) is 0 Å². The minimum Gasteiger partial charge on any atom is -0.256 e.